The van der Waals surface area contributed by atoms with Crippen LogP contribution in [0.15, 0.2) is 36.5 Å². The molecule has 0 unspecified atom stereocenters. The fourth-order valence-corrected chi connectivity index (χ4v) is 1.53. The molecule has 0 amide bonds. The number of ether oxygens (including phenoxy) is 1. The van der Waals surface area contributed by atoms with Crippen LogP contribution in [0.25, 0.3) is 0 Å². The molecule has 1 aromatic carbocycles. The molecule has 0 fully saturated rings. The van der Waals surface area contributed by atoms with E-state index in [2.05, 4.69) is 10.3 Å². The quantitative estimate of drug-likeness (QED) is 0.677. The van der Waals surface area contributed by atoms with E-state index in [1.54, 1.807) is 0 Å². The lowest BCUT2D eigenvalue weighted by Gasteiger charge is -2.08. The first-order valence-electron chi connectivity index (χ1n) is 5.31. The summed E-state index contributed by atoms with van der Waals surface area (Å²) in [6.07, 6.45) is 1.41. The Morgan fingerprint density at radius 2 is 2.21 bits per heavy atom. The molecule has 0 aliphatic rings. The summed E-state index contributed by atoms with van der Waals surface area (Å²) >= 11 is 0. The second kappa shape index (κ2) is 5.30. The van der Waals surface area contributed by atoms with Crippen molar-refractivity contribution in [2.75, 3.05) is 12.4 Å². The number of nitrogens with one attached hydrogen (secondary N) is 1. The summed E-state index contributed by atoms with van der Waals surface area (Å²) in [6, 6.07) is 6.68. The average Bonchev–Trinajstić information content (AvgIpc) is 2.38. The summed E-state index contributed by atoms with van der Waals surface area (Å²) in [4.78, 5) is 14.1. The van der Waals surface area contributed by atoms with Crippen molar-refractivity contribution in [2.24, 2.45) is 0 Å². The first kappa shape index (κ1) is 12.7. The van der Waals surface area contributed by atoms with Crippen molar-refractivity contribution in [3.63, 3.8) is 0 Å². The molecule has 7 heteroatoms. The summed E-state index contributed by atoms with van der Waals surface area (Å²) in [7, 11) is 1.40. The number of halogens is 1. The highest BCUT2D eigenvalue weighted by Crippen LogP contribution is 2.27. The lowest BCUT2D eigenvalue weighted by atomic mass is 10.2. The van der Waals surface area contributed by atoms with Gasteiger partial charge in [-0.3, -0.25) is 10.1 Å². The van der Waals surface area contributed by atoms with E-state index in [1.807, 2.05) is 0 Å². The minimum atomic E-state index is -0.564. The third-order valence-electron chi connectivity index (χ3n) is 2.35. The number of aromatic nitrogens is 1. The molecular formula is C12H10FN3O3. The standard InChI is InChI=1S/C12H10FN3O3/c1-19-10-6-8(13)5-9(7-10)15-12-11(16(17)18)3-2-4-14-12/h2-7H,1H3,(H,14,15). The van der Waals surface area contributed by atoms with Crippen molar-refractivity contribution in [3.05, 3.63) is 52.5 Å². The molecule has 98 valence electrons. The van der Waals surface area contributed by atoms with Crippen LogP contribution in [0, 0.1) is 15.9 Å². The number of rotatable bonds is 4. The van der Waals surface area contributed by atoms with Crippen LogP contribution in [0.3, 0.4) is 0 Å². The molecule has 1 heterocycles. The van der Waals surface area contributed by atoms with Crippen molar-refractivity contribution < 1.29 is 14.1 Å². The van der Waals surface area contributed by atoms with E-state index in [-0.39, 0.29) is 11.5 Å². The largest absolute Gasteiger partial charge is 0.497 e. The van der Waals surface area contributed by atoms with Crippen LogP contribution < -0.4 is 10.1 Å². The van der Waals surface area contributed by atoms with Gasteiger partial charge in [0.2, 0.25) is 5.82 Å². The Hall–Kier alpha value is -2.70. The molecular weight excluding hydrogens is 253 g/mol. The van der Waals surface area contributed by atoms with E-state index < -0.39 is 10.7 Å². The number of hydrogen-bond donors (Lipinski definition) is 1. The van der Waals surface area contributed by atoms with Gasteiger partial charge in [0.05, 0.1) is 12.0 Å². The summed E-state index contributed by atoms with van der Waals surface area (Å²) in [5.74, 6) is -0.165. The molecule has 1 aromatic heterocycles. The predicted octanol–water partition coefficient (Wildman–Crippen LogP) is 2.88. The molecule has 19 heavy (non-hydrogen) atoms. The van der Waals surface area contributed by atoms with Crippen LogP contribution >= 0.6 is 0 Å². The number of nitro groups is 1. The minimum absolute atomic E-state index is 0.0418. The Labute approximate surface area is 108 Å². The van der Waals surface area contributed by atoms with Crippen molar-refractivity contribution >= 4 is 17.2 Å². The van der Waals surface area contributed by atoms with E-state index in [1.165, 1.54) is 43.6 Å². The summed E-state index contributed by atoms with van der Waals surface area (Å²) in [6.45, 7) is 0. The van der Waals surface area contributed by atoms with Gasteiger partial charge < -0.3 is 10.1 Å². The first-order chi connectivity index (χ1) is 9.10. The number of hydrogen-bond acceptors (Lipinski definition) is 5. The fraction of sp³-hybridized carbons (Fsp3) is 0.0833. The molecule has 0 saturated carbocycles. The van der Waals surface area contributed by atoms with Crippen LogP contribution in [0.5, 0.6) is 5.75 Å². The zero-order chi connectivity index (χ0) is 13.8. The number of benzene rings is 1. The second-order valence-electron chi connectivity index (χ2n) is 3.63. The molecule has 2 rings (SSSR count). The molecule has 0 bridgehead atoms. The lowest BCUT2D eigenvalue weighted by Crippen LogP contribution is -1.99. The summed E-state index contributed by atoms with van der Waals surface area (Å²) in [5.41, 5.74) is 0.129. The predicted molar refractivity (Wildman–Crippen MR) is 67.1 cm³/mol. The topological polar surface area (TPSA) is 77.3 Å². The zero-order valence-corrected chi connectivity index (χ0v) is 9.96. The monoisotopic (exact) mass is 263 g/mol. The van der Waals surface area contributed by atoms with Crippen molar-refractivity contribution in [1.82, 2.24) is 4.98 Å². The van der Waals surface area contributed by atoms with Gasteiger partial charge in [0.1, 0.15) is 11.6 Å². The maximum absolute atomic E-state index is 13.3. The Bertz CT molecular complexity index is 619. The first-order valence-corrected chi connectivity index (χ1v) is 5.31. The van der Waals surface area contributed by atoms with Crippen LogP contribution in [0.1, 0.15) is 0 Å². The Morgan fingerprint density at radius 3 is 2.89 bits per heavy atom. The van der Waals surface area contributed by atoms with Gasteiger partial charge in [0, 0.05) is 30.1 Å². The molecule has 0 radical (unpaired) electrons. The highest BCUT2D eigenvalue weighted by Gasteiger charge is 2.14. The minimum Gasteiger partial charge on any atom is -0.497 e. The van der Waals surface area contributed by atoms with Crippen LogP contribution in [0.2, 0.25) is 0 Å². The fourth-order valence-electron chi connectivity index (χ4n) is 1.53. The summed E-state index contributed by atoms with van der Waals surface area (Å²) < 4.78 is 18.2. The Kier molecular flexibility index (Phi) is 3.56. The van der Waals surface area contributed by atoms with Gasteiger partial charge in [-0.25, -0.2) is 9.37 Å². The second-order valence-corrected chi connectivity index (χ2v) is 3.63. The van der Waals surface area contributed by atoms with Crippen molar-refractivity contribution in [2.45, 2.75) is 0 Å². The van der Waals surface area contributed by atoms with Gasteiger partial charge in [0.25, 0.3) is 0 Å². The molecule has 0 aliphatic heterocycles. The maximum atomic E-state index is 13.3. The molecule has 0 spiro atoms. The van der Waals surface area contributed by atoms with Crippen molar-refractivity contribution in [1.29, 1.82) is 0 Å². The summed E-state index contributed by atoms with van der Waals surface area (Å²) in [5, 5.41) is 13.5. The van der Waals surface area contributed by atoms with Gasteiger partial charge >= 0.3 is 5.69 Å². The highest BCUT2D eigenvalue weighted by atomic mass is 19.1. The molecule has 0 saturated heterocycles. The van der Waals surface area contributed by atoms with E-state index in [0.717, 1.165) is 0 Å². The van der Waals surface area contributed by atoms with E-state index in [4.69, 9.17) is 4.74 Å². The van der Waals surface area contributed by atoms with Gasteiger partial charge in [-0.05, 0) is 12.1 Å². The molecule has 0 atom stereocenters. The Balaban J connectivity index is 2.36. The van der Waals surface area contributed by atoms with E-state index in [0.29, 0.717) is 11.4 Å². The van der Waals surface area contributed by atoms with E-state index in [9.17, 15) is 14.5 Å². The van der Waals surface area contributed by atoms with Crippen LogP contribution in [-0.2, 0) is 0 Å². The third kappa shape index (κ3) is 2.95. The third-order valence-corrected chi connectivity index (χ3v) is 2.35. The maximum Gasteiger partial charge on any atom is 0.311 e. The number of methoxy groups -OCH3 is 1. The van der Waals surface area contributed by atoms with Gasteiger partial charge in [-0.1, -0.05) is 0 Å². The number of pyridine rings is 1. The molecule has 6 nitrogen and oxygen atoms in total. The number of nitrogens with zero attached hydrogens (tertiary/aromatic N) is 2. The van der Waals surface area contributed by atoms with E-state index >= 15 is 0 Å². The number of anilines is 2. The van der Waals surface area contributed by atoms with Gasteiger partial charge in [-0.2, -0.15) is 0 Å². The normalized spacial score (nSPS) is 10.0. The molecule has 2 aromatic rings. The van der Waals surface area contributed by atoms with Gasteiger partial charge in [0.15, 0.2) is 0 Å². The SMILES string of the molecule is COc1cc(F)cc(Nc2ncccc2[N+](=O)[O-])c1. The Morgan fingerprint density at radius 1 is 1.42 bits per heavy atom. The van der Waals surface area contributed by atoms with Crippen LogP contribution in [0.4, 0.5) is 21.6 Å². The molecule has 1 N–H and O–H groups in total. The lowest BCUT2D eigenvalue weighted by molar-refractivity contribution is -0.384. The smallest absolute Gasteiger partial charge is 0.311 e. The van der Waals surface area contributed by atoms with Gasteiger partial charge in [-0.15, -0.1) is 0 Å². The molecule has 0 aliphatic carbocycles. The van der Waals surface area contributed by atoms with Crippen LogP contribution in [-0.4, -0.2) is 17.0 Å². The van der Waals surface area contributed by atoms with Crippen molar-refractivity contribution in [3.8, 4) is 5.75 Å². The zero-order valence-electron chi connectivity index (χ0n) is 9.96. The highest BCUT2D eigenvalue weighted by molar-refractivity contribution is 5.66. The average molecular weight is 263 g/mol.